The van der Waals surface area contributed by atoms with Crippen molar-refractivity contribution < 1.29 is 9.90 Å². The number of thiophene rings is 1. The first kappa shape index (κ1) is 17.5. The number of carbonyl (C=O) groups is 1. The predicted octanol–water partition coefficient (Wildman–Crippen LogP) is 4.87. The lowest BCUT2D eigenvalue weighted by Gasteiger charge is -2.30. The second kappa shape index (κ2) is 8.67. The van der Waals surface area contributed by atoms with Crippen LogP contribution in [-0.2, 0) is 17.8 Å². The van der Waals surface area contributed by atoms with E-state index in [9.17, 15) is 9.90 Å². The van der Waals surface area contributed by atoms with Gasteiger partial charge in [0, 0.05) is 17.1 Å². The molecule has 25 heavy (non-hydrogen) atoms. The molecule has 2 aromatic rings. The third kappa shape index (κ3) is 4.83. The number of rotatable bonds is 8. The van der Waals surface area contributed by atoms with E-state index >= 15 is 0 Å². The van der Waals surface area contributed by atoms with E-state index in [2.05, 4.69) is 40.6 Å². The number of aryl methyl sites for hydroxylation is 1. The van der Waals surface area contributed by atoms with Crippen LogP contribution in [0.2, 0.25) is 0 Å². The molecule has 3 rings (SSSR count). The fourth-order valence-corrected chi connectivity index (χ4v) is 3.90. The van der Waals surface area contributed by atoms with Gasteiger partial charge in [0.15, 0.2) is 0 Å². The number of carboxylic acid groups (broad SMARTS) is 1. The first-order valence-corrected chi connectivity index (χ1v) is 9.56. The van der Waals surface area contributed by atoms with Crippen molar-refractivity contribution in [2.24, 2.45) is 0 Å². The number of nitrogens with zero attached hydrogens (tertiary/aromatic N) is 1. The molecule has 0 atom stereocenters. The van der Waals surface area contributed by atoms with Crippen LogP contribution in [0.4, 0.5) is 0 Å². The number of hydrogen-bond donors (Lipinski definition) is 1. The molecule has 0 saturated heterocycles. The van der Waals surface area contributed by atoms with Crippen LogP contribution >= 0.6 is 11.3 Å². The molecule has 2 heterocycles. The third-order valence-corrected chi connectivity index (χ3v) is 5.29. The summed E-state index contributed by atoms with van der Waals surface area (Å²) in [5.74, 6) is -0.829. The molecule has 0 unspecified atom stereocenters. The highest BCUT2D eigenvalue weighted by Crippen LogP contribution is 2.26. The summed E-state index contributed by atoms with van der Waals surface area (Å²) in [5.41, 5.74) is 2.76. The highest BCUT2D eigenvalue weighted by molar-refractivity contribution is 7.09. The van der Waals surface area contributed by atoms with Gasteiger partial charge in [-0.05, 0) is 48.8 Å². The Morgan fingerprint density at radius 3 is 2.60 bits per heavy atom. The highest BCUT2D eigenvalue weighted by atomic mass is 32.1. The van der Waals surface area contributed by atoms with Crippen molar-refractivity contribution in [1.29, 1.82) is 0 Å². The normalized spacial score (nSPS) is 14.2. The average molecular weight is 353 g/mol. The minimum Gasteiger partial charge on any atom is -0.478 e. The zero-order chi connectivity index (χ0) is 17.5. The molecule has 0 saturated carbocycles. The Kier molecular flexibility index (Phi) is 6.07. The molecular weight excluding hydrogens is 330 g/mol. The topological polar surface area (TPSA) is 40.5 Å². The van der Waals surface area contributed by atoms with Gasteiger partial charge < -0.3 is 10.0 Å². The highest BCUT2D eigenvalue weighted by Gasteiger charge is 2.21. The lowest BCUT2D eigenvalue weighted by atomic mass is 10.0. The molecular formula is C21H23NO2S. The third-order valence-electron chi connectivity index (χ3n) is 4.43. The number of hydrogen-bond acceptors (Lipinski definition) is 3. The Balaban J connectivity index is 1.64. The molecule has 0 bridgehead atoms. The van der Waals surface area contributed by atoms with E-state index in [1.165, 1.54) is 10.4 Å². The van der Waals surface area contributed by atoms with Crippen molar-refractivity contribution in [3.05, 3.63) is 81.7 Å². The number of unbranched alkanes of at least 4 members (excludes halogenated alkanes) is 1. The van der Waals surface area contributed by atoms with Gasteiger partial charge in [-0.1, -0.05) is 42.5 Å². The van der Waals surface area contributed by atoms with Crippen LogP contribution in [0.25, 0.3) is 0 Å². The van der Waals surface area contributed by atoms with Crippen molar-refractivity contribution in [3.8, 4) is 0 Å². The number of aliphatic carboxylic acids is 1. The fraction of sp³-hybridized carbons (Fsp3) is 0.286. The van der Waals surface area contributed by atoms with Gasteiger partial charge in [-0.25, -0.2) is 4.79 Å². The quantitative estimate of drug-likeness (QED) is 0.688. The maximum Gasteiger partial charge on any atom is 0.337 e. The Hall–Kier alpha value is -2.33. The molecule has 1 aromatic heterocycles. The van der Waals surface area contributed by atoms with Crippen LogP contribution < -0.4 is 0 Å². The van der Waals surface area contributed by atoms with Gasteiger partial charge in [0.25, 0.3) is 0 Å². The molecule has 4 heteroatoms. The summed E-state index contributed by atoms with van der Waals surface area (Å²) < 4.78 is 0. The van der Waals surface area contributed by atoms with Gasteiger partial charge in [0.1, 0.15) is 0 Å². The maximum absolute atomic E-state index is 11.6. The largest absolute Gasteiger partial charge is 0.478 e. The second-order valence-corrected chi connectivity index (χ2v) is 7.25. The molecule has 0 aliphatic carbocycles. The maximum atomic E-state index is 11.6. The monoisotopic (exact) mass is 353 g/mol. The van der Waals surface area contributed by atoms with E-state index in [1.54, 1.807) is 17.4 Å². The van der Waals surface area contributed by atoms with E-state index in [4.69, 9.17) is 0 Å². The molecule has 0 spiro atoms. The average Bonchev–Trinajstić information content (AvgIpc) is 3.13. The van der Waals surface area contributed by atoms with Crippen LogP contribution in [0.3, 0.4) is 0 Å². The van der Waals surface area contributed by atoms with Gasteiger partial charge in [-0.15, -0.1) is 11.3 Å². The molecule has 0 fully saturated rings. The van der Waals surface area contributed by atoms with E-state index in [1.807, 2.05) is 18.2 Å². The van der Waals surface area contributed by atoms with Gasteiger partial charge in [0.2, 0.25) is 0 Å². The fourth-order valence-electron chi connectivity index (χ4n) is 3.18. The number of benzene rings is 1. The van der Waals surface area contributed by atoms with Crippen molar-refractivity contribution in [2.45, 2.75) is 32.2 Å². The molecule has 0 amide bonds. The van der Waals surface area contributed by atoms with Crippen LogP contribution in [0.5, 0.6) is 0 Å². The lowest BCUT2D eigenvalue weighted by Crippen LogP contribution is -2.28. The summed E-state index contributed by atoms with van der Waals surface area (Å²) in [5, 5.41) is 11.6. The van der Waals surface area contributed by atoms with E-state index in [0.717, 1.165) is 44.5 Å². The van der Waals surface area contributed by atoms with Crippen molar-refractivity contribution in [1.82, 2.24) is 4.90 Å². The summed E-state index contributed by atoms with van der Waals surface area (Å²) in [6.45, 7) is 1.56. The molecule has 1 aliphatic rings. The predicted molar refractivity (Wildman–Crippen MR) is 103 cm³/mol. The Morgan fingerprint density at radius 2 is 1.88 bits per heavy atom. The van der Waals surface area contributed by atoms with Crippen molar-refractivity contribution >= 4 is 17.3 Å². The SMILES string of the molecule is O=C(O)C1=C(CCCCc2ccccc2)N(Cc2cccs2)CC=C1. The summed E-state index contributed by atoms with van der Waals surface area (Å²) in [7, 11) is 0. The summed E-state index contributed by atoms with van der Waals surface area (Å²) in [4.78, 5) is 15.1. The van der Waals surface area contributed by atoms with E-state index in [0.29, 0.717) is 5.57 Å². The number of carboxylic acids is 1. The zero-order valence-corrected chi connectivity index (χ0v) is 15.0. The minimum absolute atomic E-state index is 0.447. The lowest BCUT2D eigenvalue weighted by molar-refractivity contribution is -0.132. The first-order valence-electron chi connectivity index (χ1n) is 8.68. The summed E-state index contributed by atoms with van der Waals surface area (Å²) in [6.07, 6.45) is 7.62. The molecule has 130 valence electrons. The van der Waals surface area contributed by atoms with Gasteiger partial charge in [-0.3, -0.25) is 0 Å². The van der Waals surface area contributed by atoms with E-state index < -0.39 is 5.97 Å². The van der Waals surface area contributed by atoms with Crippen LogP contribution in [0.15, 0.2) is 71.3 Å². The molecule has 3 nitrogen and oxygen atoms in total. The smallest absolute Gasteiger partial charge is 0.337 e. The van der Waals surface area contributed by atoms with Gasteiger partial charge >= 0.3 is 5.97 Å². The van der Waals surface area contributed by atoms with Crippen LogP contribution in [0, 0.1) is 0 Å². The van der Waals surface area contributed by atoms with Crippen molar-refractivity contribution in [3.63, 3.8) is 0 Å². The Morgan fingerprint density at radius 1 is 1.08 bits per heavy atom. The summed E-state index contributed by atoms with van der Waals surface area (Å²) in [6, 6.07) is 14.6. The van der Waals surface area contributed by atoms with Crippen molar-refractivity contribution in [2.75, 3.05) is 6.54 Å². The standard InChI is InChI=1S/C21H23NO2S/c23-21(24)19-12-6-14-22(16-18-11-7-15-25-18)20(19)13-5-4-10-17-8-2-1-3-9-17/h1-3,6-9,11-12,15H,4-5,10,13-14,16H2,(H,23,24). The number of allylic oxidation sites excluding steroid dienone is 1. The van der Waals surface area contributed by atoms with E-state index in [-0.39, 0.29) is 0 Å². The Labute approximate surface area is 152 Å². The summed E-state index contributed by atoms with van der Waals surface area (Å²) >= 11 is 1.72. The Bertz CT molecular complexity index is 747. The minimum atomic E-state index is -0.829. The van der Waals surface area contributed by atoms with Gasteiger partial charge in [0.05, 0.1) is 12.1 Å². The van der Waals surface area contributed by atoms with Crippen LogP contribution in [-0.4, -0.2) is 22.5 Å². The molecule has 1 aliphatic heterocycles. The molecule has 0 radical (unpaired) electrons. The van der Waals surface area contributed by atoms with Crippen LogP contribution in [0.1, 0.15) is 29.7 Å². The molecule has 1 aromatic carbocycles. The second-order valence-electron chi connectivity index (χ2n) is 6.22. The van der Waals surface area contributed by atoms with Gasteiger partial charge in [-0.2, -0.15) is 0 Å². The molecule has 1 N–H and O–H groups in total. The zero-order valence-electron chi connectivity index (χ0n) is 14.2. The first-order chi connectivity index (χ1) is 12.2.